The lowest BCUT2D eigenvalue weighted by atomic mass is 10.0. The molecule has 4 heterocycles. The molecule has 0 unspecified atom stereocenters. The maximum atomic E-state index is 13.3. The standard InChI is InChI=1S/C26H23N5O10S4/c1-26(2,24(39)40)41-30-17(11-8-44-25(27)28-11)20(35)29-18-21(36)31-19(23(37)38)9(7-43-22(18)31)6-42-16-5-12(32)10-3-13(33)14(34)4-15(10)45-16/h3-5,8,18,22,33-34H,6-7H2,1-2H3,(H2,27,28)(H,29,35)(H,37,38)(H,39,40)/t18-,22+/m1/s1. The van der Waals surface area contributed by atoms with E-state index in [0.29, 0.717) is 14.5 Å². The van der Waals surface area contributed by atoms with Gasteiger partial charge in [-0.3, -0.25) is 19.3 Å². The molecule has 19 heteroatoms. The van der Waals surface area contributed by atoms with Crippen LogP contribution in [0.4, 0.5) is 5.13 Å². The highest BCUT2D eigenvalue weighted by Crippen LogP contribution is 2.42. The van der Waals surface area contributed by atoms with Crippen molar-refractivity contribution in [3.63, 3.8) is 0 Å². The first-order chi connectivity index (χ1) is 21.2. The molecule has 7 N–H and O–H groups in total. The molecule has 15 nitrogen and oxygen atoms in total. The van der Waals surface area contributed by atoms with Gasteiger partial charge in [0, 0.05) is 39.1 Å². The van der Waals surface area contributed by atoms with Crippen LogP contribution in [0.25, 0.3) is 10.1 Å². The quantitative estimate of drug-likeness (QED) is 0.0584. The lowest BCUT2D eigenvalue weighted by molar-refractivity contribution is -0.161. The third-order valence-electron chi connectivity index (χ3n) is 6.59. The number of carbonyl (C=O) groups is 4. The van der Waals surface area contributed by atoms with E-state index in [1.54, 1.807) is 0 Å². The van der Waals surface area contributed by atoms with E-state index in [1.165, 1.54) is 72.3 Å². The Morgan fingerprint density at radius 2 is 1.91 bits per heavy atom. The molecule has 2 aliphatic rings. The largest absolute Gasteiger partial charge is 0.504 e. The SMILES string of the molecule is CC(C)(ON=C(C(=O)N[C@@H]1C(=O)N2C(C(=O)O)=C(CSc3cc(=O)c4cc(O)c(O)cc4s3)CS[C@@H]12)c1csc(N)n1)C(=O)O. The average molecular weight is 694 g/mol. The zero-order valence-electron chi connectivity index (χ0n) is 23.2. The zero-order chi connectivity index (χ0) is 32.8. The number of fused-ring (bicyclic) bond motifs is 2. The molecule has 1 aromatic carbocycles. The second kappa shape index (κ2) is 12.2. The third kappa shape index (κ3) is 6.28. The highest BCUT2D eigenvalue weighted by molar-refractivity contribution is 8.02. The molecule has 1 fully saturated rings. The van der Waals surface area contributed by atoms with E-state index in [1.807, 2.05) is 0 Å². The van der Waals surface area contributed by atoms with Gasteiger partial charge < -0.3 is 36.3 Å². The topological polar surface area (TPSA) is 242 Å². The molecule has 0 spiro atoms. The third-order valence-corrected chi connectivity index (χ3v) is 11.0. The van der Waals surface area contributed by atoms with Crippen molar-refractivity contribution < 1.29 is 44.4 Å². The number of nitrogens with one attached hydrogen (secondary N) is 1. The number of oxime groups is 1. The van der Waals surface area contributed by atoms with E-state index in [4.69, 9.17) is 10.6 Å². The van der Waals surface area contributed by atoms with Gasteiger partial charge >= 0.3 is 11.9 Å². The van der Waals surface area contributed by atoms with Crippen molar-refractivity contribution in [1.29, 1.82) is 0 Å². The Bertz CT molecular complexity index is 1880. The number of hydrogen-bond donors (Lipinski definition) is 6. The van der Waals surface area contributed by atoms with Crippen LogP contribution in [0, 0.1) is 0 Å². The maximum Gasteiger partial charge on any atom is 0.352 e. The van der Waals surface area contributed by atoms with Gasteiger partial charge in [0.25, 0.3) is 11.8 Å². The van der Waals surface area contributed by atoms with Crippen molar-refractivity contribution in [2.75, 3.05) is 17.2 Å². The average Bonchev–Trinajstić information content (AvgIpc) is 3.40. The van der Waals surface area contributed by atoms with Crippen LogP contribution in [0.15, 0.2) is 49.0 Å². The van der Waals surface area contributed by atoms with Crippen molar-refractivity contribution in [2.45, 2.75) is 35.1 Å². The van der Waals surface area contributed by atoms with Crippen LogP contribution < -0.4 is 16.5 Å². The predicted octanol–water partition coefficient (Wildman–Crippen LogP) is 1.83. The van der Waals surface area contributed by atoms with Crippen LogP contribution in [0.1, 0.15) is 19.5 Å². The van der Waals surface area contributed by atoms with Gasteiger partial charge in [-0.15, -0.1) is 46.2 Å². The lowest BCUT2D eigenvalue weighted by Crippen LogP contribution is -2.71. The first-order valence-electron chi connectivity index (χ1n) is 12.7. The number of carbonyl (C=O) groups excluding carboxylic acids is 2. The minimum atomic E-state index is -1.79. The molecule has 236 valence electrons. The normalized spacial score (nSPS) is 18.4. The van der Waals surface area contributed by atoms with Crippen molar-refractivity contribution >= 4 is 90.9 Å². The Balaban J connectivity index is 1.34. The summed E-state index contributed by atoms with van der Waals surface area (Å²) in [7, 11) is 0. The summed E-state index contributed by atoms with van der Waals surface area (Å²) in [6, 6.07) is 2.67. The van der Waals surface area contributed by atoms with Crippen LogP contribution in [-0.4, -0.2) is 88.3 Å². The number of rotatable bonds is 10. The van der Waals surface area contributed by atoms with Gasteiger partial charge in [0.2, 0.25) is 5.60 Å². The minimum Gasteiger partial charge on any atom is -0.504 e. The molecule has 5 rings (SSSR count). The summed E-state index contributed by atoms with van der Waals surface area (Å²) in [6.07, 6.45) is 0. The number of thioether (sulfide) groups is 2. The fraction of sp³-hybridized carbons (Fsp3) is 0.269. The first kappa shape index (κ1) is 32.1. The molecular formula is C26H23N5O10S4. The molecule has 0 aliphatic carbocycles. The number of aliphatic carboxylic acids is 2. The van der Waals surface area contributed by atoms with Gasteiger partial charge in [0.05, 0.1) is 4.21 Å². The molecule has 2 aliphatic heterocycles. The monoisotopic (exact) mass is 693 g/mol. The fourth-order valence-corrected chi connectivity index (χ4v) is 8.46. The van der Waals surface area contributed by atoms with E-state index >= 15 is 0 Å². The highest BCUT2D eigenvalue weighted by atomic mass is 32.2. The maximum absolute atomic E-state index is 13.3. The van der Waals surface area contributed by atoms with Crippen LogP contribution in [0.2, 0.25) is 0 Å². The Labute approximate surface area is 269 Å². The lowest BCUT2D eigenvalue weighted by Gasteiger charge is -2.49. The fourth-order valence-electron chi connectivity index (χ4n) is 4.19. The van der Waals surface area contributed by atoms with Crippen molar-refractivity contribution in [3.8, 4) is 11.5 Å². The van der Waals surface area contributed by atoms with Gasteiger partial charge in [0.15, 0.2) is 27.8 Å². The molecule has 3 aromatic rings. The summed E-state index contributed by atoms with van der Waals surface area (Å²) in [5.74, 6) is -4.75. The first-order valence-corrected chi connectivity index (χ1v) is 16.5. The second-order valence-electron chi connectivity index (χ2n) is 10.1. The van der Waals surface area contributed by atoms with Gasteiger partial charge in [0.1, 0.15) is 22.8 Å². The molecule has 45 heavy (non-hydrogen) atoms. The molecule has 2 amide bonds. The Morgan fingerprint density at radius 1 is 1.20 bits per heavy atom. The Hall–Kier alpha value is -4.33. The molecular weight excluding hydrogens is 671 g/mol. The van der Waals surface area contributed by atoms with Crippen LogP contribution in [-0.2, 0) is 24.0 Å². The van der Waals surface area contributed by atoms with Crippen LogP contribution in [0.3, 0.4) is 0 Å². The number of benzene rings is 1. The minimum absolute atomic E-state index is 0.00967. The Kier molecular flexibility index (Phi) is 8.71. The molecule has 0 radical (unpaired) electrons. The smallest absolute Gasteiger partial charge is 0.352 e. The predicted molar refractivity (Wildman–Crippen MR) is 168 cm³/mol. The molecule has 1 saturated heterocycles. The van der Waals surface area contributed by atoms with Gasteiger partial charge in [-0.05, 0) is 25.5 Å². The summed E-state index contributed by atoms with van der Waals surface area (Å²) in [4.78, 5) is 73.0. The summed E-state index contributed by atoms with van der Waals surface area (Å²) >= 11 is 4.59. The van der Waals surface area contributed by atoms with E-state index < -0.39 is 52.2 Å². The Morgan fingerprint density at radius 3 is 2.56 bits per heavy atom. The molecule has 2 atom stereocenters. The number of phenols is 2. The second-order valence-corrected chi connectivity index (χ2v) is 14.4. The van der Waals surface area contributed by atoms with E-state index in [9.17, 15) is 44.4 Å². The van der Waals surface area contributed by atoms with E-state index in [0.717, 1.165) is 16.2 Å². The van der Waals surface area contributed by atoms with Crippen LogP contribution in [0.5, 0.6) is 11.5 Å². The number of anilines is 1. The summed E-state index contributed by atoms with van der Waals surface area (Å²) in [5, 5.41) is 46.1. The molecule has 0 saturated carbocycles. The summed E-state index contributed by atoms with van der Waals surface area (Å²) < 4.78 is 0.965. The van der Waals surface area contributed by atoms with Gasteiger partial charge in [-0.2, -0.15) is 0 Å². The van der Waals surface area contributed by atoms with Crippen LogP contribution >= 0.6 is 46.2 Å². The molecule has 0 bridgehead atoms. The molecule has 2 aromatic heterocycles. The van der Waals surface area contributed by atoms with Crippen molar-refractivity contribution in [2.24, 2.45) is 5.16 Å². The number of thiazole rings is 1. The van der Waals surface area contributed by atoms with Crippen molar-refractivity contribution in [3.05, 3.63) is 50.8 Å². The number of nitrogens with two attached hydrogens (primary N) is 1. The number of aromatic hydroxyl groups is 2. The summed E-state index contributed by atoms with van der Waals surface area (Å²) in [5.41, 5.74) is 3.26. The van der Waals surface area contributed by atoms with Crippen molar-refractivity contribution in [1.82, 2.24) is 15.2 Å². The number of carboxylic acid groups (broad SMARTS) is 2. The summed E-state index contributed by atoms with van der Waals surface area (Å²) in [6.45, 7) is 2.45. The number of phenolic OH excluding ortho intramolecular Hbond substituents is 2. The number of carboxylic acids is 2. The highest BCUT2D eigenvalue weighted by Gasteiger charge is 2.54. The van der Waals surface area contributed by atoms with Gasteiger partial charge in [-0.1, -0.05) is 5.16 Å². The zero-order valence-corrected chi connectivity index (χ0v) is 26.4. The number of β-lactam (4-membered cyclic amide) rings is 1. The van der Waals surface area contributed by atoms with E-state index in [-0.39, 0.29) is 44.6 Å². The number of nitrogens with zero attached hydrogens (tertiary/aromatic N) is 3. The van der Waals surface area contributed by atoms with Gasteiger partial charge in [-0.25, -0.2) is 14.6 Å². The number of amides is 2. The number of aromatic nitrogens is 1. The number of hydrogen-bond acceptors (Lipinski definition) is 15. The van der Waals surface area contributed by atoms with E-state index in [2.05, 4.69) is 15.5 Å². The number of nitrogen functional groups attached to an aromatic ring is 1.